The van der Waals surface area contributed by atoms with Crippen LogP contribution in [-0.2, 0) is 10.0 Å². The molecule has 0 fully saturated rings. The minimum absolute atomic E-state index is 0.104. The topological polar surface area (TPSA) is 112 Å². The highest BCUT2D eigenvalue weighted by atomic mass is 32.2. The number of H-pyrrole nitrogens is 2. The molecule has 0 amide bonds. The number of rotatable bonds is 3. The Morgan fingerprint density at radius 2 is 1.64 bits per heavy atom. The first-order valence-electron chi connectivity index (χ1n) is 6.55. The lowest BCUT2D eigenvalue weighted by Gasteiger charge is -2.20. The van der Waals surface area contributed by atoms with Crippen LogP contribution < -0.4 is 16.0 Å². The molecule has 0 unspecified atom stereocenters. The van der Waals surface area contributed by atoms with Crippen molar-refractivity contribution in [3.8, 4) is 11.1 Å². The SMILES string of the molecule is CC(C)(C)NS(=O)(=O)c1ccc(-c2c[nH]c(=O)[nH]c2=O)cc1. The number of sulfonamides is 1. The van der Waals surface area contributed by atoms with Crippen molar-refractivity contribution in [2.24, 2.45) is 0 Å². The van der Waals surface area contributed by atoms with Gasteiger partial charge in [0, 0.05) is 11.7 Å². The van der Waals surface area contributed by atoms with Gasteiger partial charge in [-0.15, -0.1) is 0 Å². The van der Waals surface area contributed by atoms with Crippen LogP contribution in [0.15, 0.2) is 44.9 Å². The average molecular weight is 323 g/mol. The third-order valence-corrected chi connectivity index (χ3v) is 4.51. The molecule has 0 aliphatic heterocycles. The van der Waals surface area contributed by atoms with Crippen LogP contribution in [0.25, 0.3) is 11.1 Å². The Morgan fingerprint density at radius 1 is 1.05 bits per heavy atom. The largest absolute Gasteiger partial charge is 0.325 e. The highest BCUT2D eigenvalue weighted by Gasteiger charge is 2.21. The van der Waals surface area contributed by atoms with Gasteiger partial charge in [0.15, 0.2) is 0 Å². The minimum Gasteiger partial charge on any atom is -0.313 e. The van der Waals surface area contributed by atoms with E-state index in [1.54, 1.807) is 20.8 Å². The molecule has 0 saturated heterocycles. The van der Waals surface area contributed by atoms with E-state index in [9.17, 15) is 18.0 Å². The van der Waals surface area contributed by atoms with Gasteiger partial charge in [-0.1, -0.05) is 12.1 Å². The molecule has 0 spiro atoms. The second kappa shape index (κ2) is 5.54. The molecular weight excluding hydrogens is 306 g/mol. The van der Waals surface area contributed by atoms with Crippen LogP contribution >= 0.6 is 0 Å². The fourth-order valence-electron chi connectivity index (χ4n) is 1.90. The summed E-state index contributed by atoms with van der Waals surface area (Å²) in [7, 11) is -3.63. The van der Waals surface area contributed by atoms with E-state index in [1.165, 1.54) is 30.5 Å². The maximum absolute atomic E-state index is 12.2. The number of hydrogen-bond acceptors (Lipinski definition) is 4. The zero-order valence-corrected chi connectivity index (χ0v) is 13.2. The maximum Gasteiger partial charge on any atom is 0.325 e. The van der Waals surface area contributed by atoms with Gasteiger partial charge in [0.25, 0.3) is 5.56 Å². The van der Waals surface area contributed by atoms with Crippen molar-refractivity contribution in [1.29, 1.82) is 0 Å². The van der Waals surface area contributed by atoms with Crippen LogP contribution in [0.4, 0.5) is 0 Å². The third kappa shape index (κ3) is 3.71. The van der Waals surface area contributed by atoms with Gasteiger partial charge in [0.1, 0.15) is 0 Å². The van der Waals surface area contributed by atoms with Crippen molar-refractivity contribution in [2.75, 3.05) is 0 Å². The van der Waals surface area contributed by atoms with Gasteiger partial charge in [0.05, 0.1) is 10.5 Å². The van der Waals surface area contributed by atoms with E-state index in [0.29, 0.717) is 5.56 Å². The van der Waals surface area contributed by atoms with Crippen LogP contribution in [0.2, 0.25) is 0 Å². The molecule has 0 saturated carbocycles. The molecule has 0 aliphatic rings. The van der Waals surface area contributed by atoms with Gasteiger partial charge >= 0.3 is 5.69 Å². The lowest BCUT2D eigenvalue weighted by molar-refractivity contribution is 0.491. The molecule has 2 aromatic rings. The van der Waals surface area contributed by atoms with E-state index in [-0.39, 0.29) is 10.5 Å². The summed E-state index contributed by atoms with van der Waals surface area (Å²) in [5.41, 5.74) is -0.956. The van der Waals surface area contributed by atoms with Crippen molar-refractivity contribution in [3.05, 3.63) is 51.3 Å². The molecule has 0 aliphatic carbocycles. The summed E-state index contributed by atoms with van der Waals surface area (Å²) in [5, 5.41) is 0. The van der Waals surface area contributed by atoms with E-state index in [4.69, 9.17) is 0 Å². The molecule has 22 heavy (non-hydrogen) atoms. The predicted molar refractivity (Wildman–Crippen MR) is 83.2 cm³/mol. The molecule has 0 bridgehead atoms. The molecular formula is C14H17N3O4S. The van der Waals surface area contributed by atoms with Gasteiger partial charge in [-0.3, -0.25) is 9.78 Å². The van der Waals surface area contributed by atoms with Crippen molar-refractivity contribution < 1.29 is 8.42 Å². The van der Waals surface area contributed by atoms with E-state index < -0.39 is 26.8 Å². The summed E-state index contributed by atoms with van der Waals surface area (Å²) >= 11 is 0. The fraction of sp³-hybridized carbons (Fsp3) is 0.286. The molecule has 1 aromatic carbocycles. The molecule has 3 N–H and O–H groups in total. The van der Waals surface area contributed by atoms with Crippen molar-refractivity contribution in [3.63, 3.8) is 0 Å². The predicted octanol–water partition coefficient (Wildman–Crippen LogP) is 0.807. The smallest absolute Gasteiger partial charge is 0.313 e. The number of hydrogen-bond donors (Lipinski definition) is 3. The highest BCUT2D eigenvalue weighted by molar-refractivity contribution is 7.89. The highest BCUT2D eigenvalue weighted by Crippen LogP contribution is 2.18. The normalized spacial score (nSPS) is 12.3. The molecule has 2 rings (SSSR count). The number of aromatic amines is 2. The van der Waals surface area contributed by atoms with Gasteiger partial charge in [-0.25, -0.2) is 17.9 Å². The van der Waals surface area contributed by atoms with E-state index >= 15 is 0 Å². The van der Waals surface area contributed by atoms with Gasteiger partial charge in [-0.2, -0.15) is 0 Å². The van der Waals surface area contributed by atoms with Gasteiger partial charge < -0.3 is 4.98 Å². The molecule has 8 heteroatoms. The molecule has 7 nitrogen and oxygen atoms in total. The summed E-state index contributed by atoms with van der Waals surface area (Å²) in [4.78, 5) is 27.3. The van der Waals surface area contributed by atoms with Crippen LogP contribution in [0, 0.1) is 0 Å². The number of nitrogens with one attached hydrogen (secondary N) is 3. The Morgan fingerprint density at radius 3 is 2.14 bits per heavy atom. The Balaban J connectivity index is 2.39. The van der Waals surface area contributed by atoms with Crippen molar-refractivity contribution in [1.82, 2.24) is 14.7 Å². The van der Waals surface area contributed by atoms with Crippen LogP contribution in [0.5, 0.6) is 0 Å². The van der Waals surface area contributed by atoms with Crippen LogP contribution in [-0.4, -0.2) is 23.9 Å². The minimum atomic E-state index is -3.63. The Labute approximate surface area is 127 Å². The Bertz CT molecular complexity index is 887. The zero-order chi connectivity index (χ0) is 16.5. The Hall–Kier alpha value is -2.19. The quantitative estimate of drug-likeness (QED) is 0.776. The van der Waals surface area contributed by atoms with E-state index in [1.807, 2.05) is 0 Å². The first-order chi connectivity index (χ1) is 10.1. The monoisotopic (exact) mass is 323 g/mol. The second-order valence-electron chi connectivity index (χ2n) is 5.87. The molecule has 1 heterocycles. The van der Waals surface area contributed by atoms with Crippen molar-refractivity contribution in [2.45, 2.75) is 31.2 Å². The van der Waals surface area contributed by atoms with Crippen LogP contribution in [0.3, 0.4) is 0 Å². The Kier molecular flexibility index (Phi) is 4.08. The number of aromatic nitrogens is 2. The lowest BCUT2D eigenvalue weighted by atomic mass is 10.1. The molecule has 0 radical (unpaired) electrons. The second-order valence-corrected chi connectivity index (χ2v) is 7.55. The van der Waals surface area contributed by atoms with E-state index in [2.05, 4.69) is 14.7 Å². The van der Waals surface area contributed by atoms with Crippen LogP contribution in [0.1, 0.15) is 20.8 Å². The summed E-state index contributed by atoms with van der Waals surface area (Å²) in [6.07, 6.45) is 1.29. The lowest BCUT2D eigenvalue weighted by Crippen LogP contribution is -2.40. The first kappa shape index (κ1) is 16.2. The zero-order valence-electron chi connectivity index (χ0n) is 12.4. The fourth-order valence-corrected chi connectivity index (χ4v) is 3.32. The third-order valence-electron chi connectivity index (χ3n) is 2.74. The van der Waals surface area contributed by atoms with Crippen molar-refractivity contribution >= 4 is 10.0 Å². The summed E-state index contributed by atoms with van der Waals surface area (Å²) in [6.45, 7) is 5.25. The van der Waals surface area contributed by atoms with Gasteiger partial charge in [-0.05, 0) is 38.5 Å². The summed E-state index contributed by atoms with van der Waals surface area (Å²) in [6, 6.07) is 5.85. The number of benzene rings is 1. The standard InChI is InChI=1S/C14H17N3O4S/c1-14(2,3)17-22(20,21)10-6-4-9(5-7-10)11-8-15-13(19)16-12(11)18/h4-8,17H,1-3H3,(H2,15,16,18,19). The molecule has 1 aromatic heterocycles. The first-order valence-corrected chi connectivity index (χ1v) is 8.03. The van der Waals surface area contributed by atoms with Gasteiger partial charge in [0.2, 0.25) is 10.0 Å². The maximum atomic E-state index is 12.2. The summed E-state index contributed by atoms with van der Waals surface area (Å²) in [5.74, 6) is 0. The summed E-state index contributed by atoms with van der Waals surface area (Å²) < 4.78 is 26.9. The molecule has 118 valence electrons. The average Bonchev–Trinajstić information content (AvgIpc) is 2.36. The molecule has 0 atom stereocenters. The van der Waals surface area contributed by atoms with E-state index in [0.717, 1.165) is 0 Å².